The molecular weight excluding hydrogens is 352 g/mol. The van der Waals surface area contributed by atoms with Gasteiger partial charge in [0.2, 0.25) is 0 Å². The zero-order valence-corrected chi connectivity index (χ0v) is 15.4. The van der Waals surface area contributed by atoms with Gasteiger partial charge in [0.15, 0.2) is 0 Å². The van der Waals surface area contributed by atoms with Crippen molar-refractivity contribution in [1.82, 2.24) is 4.90 Å². The van der Waals surface area contributed by atoms with E-state index in [1.165, 1.54) is 10.4 Å². The van der Waals surface area contributed by atoms with Crippen LogP contribution in [-0.2, 0) is 16.1 Å². The van der Waals surface area contributed by atoms with Crippen molar-refractivity contribution < 1.29 is 19.4 Å². The molecular formula is C19H22N2O4S. The van der Waals surface area contributed by atoms with Crippen LogP contribution >= 0.6 is 11.3 Å². The molecule has 0 spiro atoms. The number of morpholine rings is 1. The van der Waals surface area contributed by atoms with E-state index >= 15 is 0 Å². The Morgan fingerprint density at radius 1 is 1.31 bits per heavy atom. The van der Waals surface area contributed by atoms with Crippen molar-refractivity contribution in [1.29, 1.82) is 0 Å². The number of carbonyl (C=O) groups is 2. The van der Waals surface area contributed by atoms with E-state index < -0.39 is 12.0 Å². The molecule has 138 valence electrons. The number of aliphatic carboxylic acids is 1. The summed E-state index contributed by atoms with van der Waals surface area (Å²) >= 11 is 1.72. The Kier molecular flexibility index (Phi) is 5.90. The van der Waals surface area contributed by atoms with Crippen LogP contribution in [0.25, 0.3) is 0 Å². The van der Waals surface area contributed by atoms with E-state index in [1.54, 1.807) is 28.4 Å². The molecule has 26 heavy (non-hydrogen) atoms. The minimum Gasteiger partial charge on any atom is -0.481 e. The van der Waals surface area contributed by atoms with Crippen LogP contribution in [-0.4, -0.2) is 47.7 Å². The predicted octanol–water partition coefficient (Wildman–Crippen LogP) is 2.98. The van der Waals surface area contributed by atoms with Gasteiger partial charge in [-0.25, -0.2) is 0 Å². The Hall–Kier alpha value is -2.38. The molecule has 2 heterocycles. The van der Waals surface area contributed by atoms with Crippen LogP contribution in [0.5, 0.6) is 0 Å². The lowest BCUT2D eigenvalue weighted by molar-refractivity contribution is -0.139. The molecule has 0 bridgehead atoms. The topological polar surface area (TPSA) is 78.9 Å². The average molecular weight is 374 g/mol. The van der Waals surface area contributed by atoms with Gasteiger partial charge < -0.3 is 20.1 Å². The Bertz CT molecular complexity index is 772. The molecule has 1 aromatic heterocycles. The first-order valence-electron chi connectivity index (χ1n) is 8.52. The van der Waals surface area contributed by atoms with Crippen LogP contribution in [0.2, 0.25) is 0 Å². The van der Waals surface area contributed by atoms with Gasteiger partial charge in [-0.3, -0.25) is 9.59 Å². The number of rotatable bonds is 6. The summed E-state index contributed by atoms with van der Waals surface area (Å²) in [7, 11) is 0. The van der Waals surface area contributed by atoms with E-state index in [0.29, 0.717) is 18.7 Å². The van der Waals surface area contributed by atoms with Crippen LogP contribution in [0.4, 0.5) is 5.69 Å². The van der Waals surface area contributed by atoms with Crippen molar-refractivity contribution >= 4 is 28.9 Å². The SMILES string of the molecule is Cc1ccsc1CNc1ccc(C(=O)N2CCOCC2CC(=O)O)cc1. The van der Waals surface area contributed by atoms with Gasteiger partial charge in [-0.2, -0.15) is 0 Å². The summed E-state index contributed by atoms with van der Waals surface area (Å²) < 4.78 is 5.33. The maximum Gasteiger partial charge on any atom is 0.305 e. The summed E-state index contributed by atoms with van der Waals surface area (Å²) in [6.07, 6.45) is -0.106. The largest absolute Gasteiger partial charge is 0.481 e. The second-order valence-corrected chi connectivity index (χ2v) is 7.28. The van der Waals surface area contributed by atoms with Crippen LogP contribution in [0.15, 0.2) is 35.7 Å². The van der Waals surface area contributed by atoms with E-state index in [4.69, 9.17) is 9.84 Å². The molecule has 1 unspecified atom stereocenters. The third kappa shape index (κ3) is 4.42. The number of carboxylic acids is 1. The van der Waals surface area contributed by atoms with Crippen molar-refractivity contribution in [2.45, 2.75) is 25.9 Å². The molecule has 1 aliphatic rings. The Morgan fingerprint density at radius 3 is 2.73 bits per heavy atom. The van der Waals surface area contributed by atoms with E-state index in [9.17, 15) is 9.59 Å². The summed E-state index contributed by atoms with van der Waals surface area (Å²) in [5.41, 5.74) is 2.77. The van der Waals surface area contributed by atoms with E-state index in [0.717, 1.165) is 12.2 Å². The van der Waals surface area contributed by atoms with E-state index in [-0.39, 0.29) is 18.9 Å². The van der Waals surface area contributed by atoms with E-state index in [1.807, 2.05) is 12.1 Å². The summed E-state index contributed by atoms with van der Waals surface area (Å²) in [5, 5.41) is 14.5. The number of nitrogens with one attached hydrogen (secondary N) is 1. The molecule has 0 aliphatic carbocycles. The van der Waals surface area contributed by atoms with Gasteiger partial charge in [0.25, 0.3) is 5.91 Å². The minimum absolute atomic E-state index is 0.106. The first kappa shape index (κ1) is 18.4. The molecule has 1 atom stereocenters. The number of amides is 1. The summed E-state index contributed by atoms with van der Waals surface area (Å²) in [6, 6.07) is 8.98. The highest BCUT2D eigenvalue weighted by Crippen LogP contribution is 2.20. The van der Waals surface area contributed by atoms with Gasteiger partial charge in [-0.1, -0.05) is 0 Å². The molecule has 7 heteroatoms. The van der Waals surface area contributed by atoms with E-state index in [2.05, 4.69) is 23.7 Å². The van der Waals surface area contributed by atoms with Crippen molar-refractivity contribution in [3.05, 3.63) is 51.7 Å². The average Bonchev–Trinajstić information content (AvgIpc) is 3.05. The first-order chi connectivity index (χ1) is 12.5. The fraction of sp³-hybridized carbons (Fsp3) is 0.368. The number of benzene rings is 1. The van der Waals surface area contributed by atoms with Gasteiger partial charge in [-0.05, 0) is 48.2 Å². The number of carbonyl (C=O) groups excluding carboxylic acids is 1. The van der Waals surface area contributed by atoms with Crippen molar-refractivity contribution in [2.75, 3.05) is 25.1 Å². The molecule has 1 fully saturated rings. The standard InChI is InChI=1S/C19H22N2O4S/c1-13-6-9-26-17(13)11-20-15-4-2-14(3-5-15)19(24)21-7-8-25-12-16(21)10-18(22)23/h2-6,9,16,20H,7-8,10-12H2,1H3,(H,22,23). The molecule has 1 saturated heterocycles. The smallest absolute Gasteiger partial charge is 0.305 e. The highest BCUT2D eigenvalue weighted by molar-refractivity contribution is 7.10. The summed E-state index contributed by atoms with van der Waals surface area (Å²) in [5.74, 6) is -1.08. The Balaban J connectivity index is 1.64. The van der Waals surface area contributed by atoms with Crippen LogP contribution in [0.1, 0.15) is 27.2 Å². The number of hydrogen-bond acceptors (Lipinski definition) is 5. The van der Waals surface area contributed by atoms with Crippen molar-refractivity contribution in [3.63, 3.8) is 0 Å². The molecule has 2 N–H and O–H groups in total. The number of ether oxygens (including phenoxy) is 1. The number of thiophene rings is 1. The second kappa shape index (κ2) is 8.33. The lowest BCUT2D eigenvalue weighted by atomic mass is 10.1. The molecule has 1 aromatic carbocycles. The van der Waals surface area contributed by atoms with Gasteiger partial charge in [0, 0.05) is 29.2 Å². The predicted molar refractivity (Wildman–Crippen MR) is 101 cm³/mol. The van der Waals surface area contributed by atoms with Crippen molar-refractivity contribution in [2.24, 2.45) is 0 Å². The molecule has 6 nitrogen and oxygen atoms in total. The minimum atomic E-state index is -0.929. The van der Waals surface area contributed by atoms with Gasteiger partial charge in [0.05, 0.1) is 25.7 Å². The number of anilines is 1. The molecule has 1 amide bonds. The normalized spacial score (nSPS) is 17.1. The third-order valence-corrected chi connectivity index (χ3v) is 5.47. The lowest BCUT2D eigenvalue weighted by Gasteiger charge is -2.34. The number of nitrogens with zero attached hydrogens (tertiary/aromatic N) is 1. The number of hydrogen-bond donors (Lipinski definition) is 2. The Labute approximate surface area is 156 Å². The van der Waals surface area contributed by atoms with Crippen LogP contribution in [0.3, 0.4) is 0 Å². The summed E-state index contributed by atoms with van der Waals surface area (Å²) in [4.78, 5) is 26.7. The van der Waals surface area contributed by atoms with Gasteiger partial charge in [-0.15, -0.1) is 11.3 Å². The Morgan fingerprint density at radius 2 is 2.08 bits per heavy atom. The fourth-order valence-electron chi connectivity index (χ4n) is 2.96. The molecule has 3 rings (SSSR count). The fourth-order valence-corrected chi connectivity index (χ4v) is 3.80. The first-order valence-corrected chi connectivity index (χ1v) is 9.40. The zero-order chi connectivity index (χ0) is 18.5. The quantitative estimate of drug-likeness (QED) is 0.813. The molecule has 0 saturated carbocycles. The van der Waals surface area contributed by atoms with Crippen molar-refractivity contribution in [3.8, 4) is 0 Å². The lowest BCUT2D eigenvalue weighted by Crippen LogP contribution is -2.49. The zero-order valence-electron chi connectivity index (χ0n) is 14.6. The number of aryl methyl sites for hydroxylation is 1. The highest BCUT2D eigenvalue weighted by Gasteiger charge is 2.29. The van der Waals surface area contributed by atoms with Crippen LogP contribution < -0.4 is 5.32 Å². The second-order valence-electron chi connectivity index (χ2n) is 6.28. The summed E-state index contributed by atoms with van der Waals surface area (Å²) in [6.45, 7) is 3.94. The monoisotopic (exact) mass is 374 g/mol. The molecule has 0 radical (unpaired) electrons. The molecule has 1 aliphatic heterocycles. The van der Waals surface area contributed by atoms with Gasteiger partial charge in [0.1, 0.15) is 0 Å². The highest BCUT2D eigenvalue weighted by atomic mass is 32.1. The number of carboxylic acid groups (broad SMARTS) is 1. The van der Waals surface area contributed by atoms with Gasteiger partial charge >= 0.3 is 5.97 Å². The van der Waals surface area contributed by atoms with Crippen LogP contribution in [0, 0.1) is 6.92 Å². The maximum absolute atomic E-state index is 12.8. The molecule has 2 aromatic rings. The third-order valence-electron chi connectivity index (χ3n) is 4.45. The maximum atomic E-state index is 12.8.